The number of fused-ring (bicyclic) bond motifs is 1. The highest BCUT2D eigenvalue weighted by atomic mass is 35.5. The Morgan fingerprint density at radius 3 is 2.66 bits per heavy atom. The molecule has 1 amide bonds. The number of rotatable bonds is 6. The molecule has 0 unspecified atom stereocenters. The first-order valence-corrected chi connectivity index (χ1v) is 10.9. The van der Waals surface area contributed by atoms with E-state index in [0.717, 1.165) is 11.8 Å². The summed E-state index contributed by atoms with van der Waals surface area (Å²) in [5, 5.41) is 3.84. The summed E-state index contributed by atoms with van der Waals surface area (Å²) >= 11 is 7.18. The van der Waals surface area contributed by atoms with Crippen LogP contribution in [0.2, 0.25) is 5.02 Å². The molecule has 4 rings (SSSR count). The van der Waals surface area contributed by atoms with Gasteiger partial charge in [-0.15, -0.1) is 0 Å². The molecule has 3 aromatic carbocycles. The van der Waals surface area contributed by atoms with Crippen LogP contribution in [0.1, 0.15) is 0 Å². The third kappa shape index (κ3) is 4.61. The van der Waals surface area contributed by atoms with E-state index in [1.54, 1.807) is 42.5 Å². The molecule has 162 valence electrons. The number of para-hydroxylation sites is 2. The number of aromatic nitrogens is 2. The van der Waals surface area contributed by atoms with E-state index < -0.39 is 5.82 Å². The van der Waals surface area contributed by atoms with Gasteiger partial charge in [0.05, 0.1) is 29.5 Å². The molecule has 32 heavy (non-hydrogen) atoms. The Hall–Kier alpha value is -3.36. The summed E-state index contributed by atoms with van der Waals surface area (Å²) in [5.41, 5.74) is 1.09. The minimum absolute atomic E-state index is 0.0228. The molecule has 1 aromatic heterocycles. The number of thioether (sulfide) groups is 1. The topological polar surface area (TPSA) is 73.2 Å². The van der Waals surface area contributed by atoms with Crippen molar-refractivity contribution in [2.75, 3.05) is 18.2 Å². The van der Waals surface area contributed by atoms with Crippen LogP contribution in [-0.2, 0) is 4.79 Å². The minimum atomic E-state index is -0.391. The Balaban J connectivity index is 1.72. The average molecular weight is 470 g/mol. The molecule has 0 saturated heterocycles. The molecule has 0 fully saturated rings. The average Bonchev–Trinajstić information content (AvgIpc) is 2.79. The molecule has 6 nitrogen and oxygen atoms in total. The maximum Gasteiger partial charge on any atom is 0.266 e. The number of methoxy groups -OCH3 is 1. The summed E-state index contributed by atoms with van der Waals surface area (Å²) in [5.74, 6) is -0.251. The van der Waals surface area contributed by atoms with Crippen molar-refractivity contribution in [3.05, 3.63) is 87.9 Å². The molecule has 0 bridgehead atoms. The maximum absolute atomic E-state index is 13.4. The van der Waals surface area contributed by atoms with Gasteiger partial charge < -0.3 is 10.1 Å². The van der Waals surface area contributed by atoms with E-state index in [4.69, 9.17) is 16.3 Å². The Bertz CT molecular complexity index is 1360. The van der Waals surface area contributed by atoms with Gasteiger partial charge in [-0.25, -0.2) is 9.37 Å². The van der Waals surface area contributed by atoms with Crippen LogP contribution in [0.25, 0.3) is 16.6 Å². The van der Waals surface area contributed by atoms with Gasteiger partial charge >= 0.3 is 0 Å². The zero-order valence-corrected chi connectivity index (χ0v) is 18.4. The number of carbonyl (C=O) groups excluding carboxylic acids is 1. The highest BCUT2D eigenvalue weighted by Gasteiger charge is 2.17. The monoisotopic (exact) mass is 469 g/mol. The Morgan fingerprint density at radius 2 is 1.91 bits per heavy atom. The number of carbonyl (C=O) groups is 1. The lowest BCUT2D eigenvalue weighted by Crippen LogP contribution is -2.23. The van der Waals surface area contributed by atoms with Crippen molar-refractivity contribution in [3.8, 4) is 11.4 Å². The van der Waals surface area contributed by atoms with Gasteiger partial charge in [0.15, 0.2) is 5.16 Å². The molecule has 1 heterocycles. The molecule has 0 aliphatic heterocycles. The summed E-state index contributed by atoms with van der Waals surface area (Å²) in [4.78, 5) is 30.4. The third-order valence-electron chi connectivity index (χ3n) is 4.59. The summed E-state index contributed by atoms with van der Waals surface area (Å²) in [7, 11) is 1.51. The van der Waals surface area contributed by atoms with Crippen molar-refractivity contribution in [1.29, 1.82) is 0 Å². The summed E-state index contributed by atoms with van der Waals surface area (Å²) in [6.45, 7) is 0. The van der Waals surface area contributed by atoms with Crippen LogP contribution < -0.4 is 15.6 Å². The van der Waals surface area contributed by atoms with E-state index in [1.807, 2.05) is 0 Å². The van der Waals surface area contributed by atoms with Crippen LogP contribution in [0.4, 0.5) is 10.1 Å². The highest BCUT2D eigenvalue weighted by Crippen LogP contribution is 2.28. The lowest BCUT2D eigenvalue weighted by molar-refractivity contribution is -0.113. The number of benzene rings is 3. The molecule has 0 atom stereocenters. The predicted octanol–water partition coefficient (Wildman–Crippen LogP) is 4.92. The summed E-state index contributed by atoms with van der Waals surface area (Å²) in [6, 6.07) is 17.4. The zero-order chi connectivity index (χ0) is 22.7. The first kappa shape index (κ1) is 21.9. The minimum Gasteiger partial charge on any atom is -0.495 e. The lowest BCUT2D eigenvalue weighted by atomic mass is 10.2. The molecule has 1 N–H and O–H groups in total. The van der Waals surface area contributed by atoms with Crippen LogP contribution in [0, 0.1) is 5.82 Å². The number of nitrogens with one attached hydrogen (secondary N) is 1. The van der Waals surface area contributed by atoms with E-state index in [1.165, 1.54) is 35.9 Å². The fourth-order valence-electron chi connectivity index (χ4n) is 3.12. The normalized spacial score (nSPS) is 10.8. The number of ether oxygens (including phenoxy) is 1. The lowest BCUT2D eigenvalue weighted by Gasteiger charge is -2.15. The first-order chi connectivity index (χ1) is 15.5. The molecular formula is C23H17ClFN3O3S. The van der Waals surface area contributed by atoms with E-state index in [-0.39, 0.29) is 17.2 Å². The second-order valence-corrected chi connectivity index (χ2v) is 8.09. The number of anilines is 1. The van der Waals surface area contributed by atoms with Crippen molar-refractivity contribution in [3.63, 3.8) is 0 Å². The zero-order valence-electron chi connectivity index (χ0n) is 16.8. The Labute approximate surface area is 192 Å². The first-order valence-electron chi connectivity index (χ1n) is 9.50. The highest BCUT2D eigenvalue weighted by molar-refractivity contribution is 7.99. The van der Waals surface area contributed by atoms with Crippen molar-refractivity contribution in [2.45, 2.75) is 5.16 Å². The summed E-state index contributed by atoms with van der Waals surface area (Å²) in [6.07, 6.45) is 0. The van der Waals surface area contributed by atoms with Gasteiger partial charge in [0.25, 0.3) is 5.56 Å². The van der Waals surface area contributed by atoms with E-state index in [0.29, 0.717) is 38.2 Å². The smallest absolute Gasteiger partial charge is 0.266 e. The fraction of sp³-hybridized carbons (Fsp3) is 0.0870. The van der Waals surface area contributed by atoms with Crippen LogP contribution in [0.3, 0.4) is 0 Å². The fourth-order valence-corrected chi connectivity index (χ4v) is 4.09. The van der Waals surface area contributed by atoms with Crippen LogP contribution in [0.5, 0.6) is 5.75 Å². The third-order valence-corrected chi connectivity index (χ3v) is 5.76. The number of hydrogen-bond donors (Lipinski definition) is 1. The quantitative estimate of drug-likeness (QED) is 0.320. The van der Waals surface area contributed by atoms with Crippen molar-refractivity contribution >= 4 is 45.9 Å². The van der Waals surface area contributed by atoms with Gasteiger partial charge in [-0.2, -0.15) is 0 Å². The van der Waals surface area contributed by atoms with Crippen LogP contribution in [0.15, 0.2) is 76.7 Å². The van der Waals surface area contributed by atoms with Gasteiger partial charge in [-0.3, -0.25) is 14.2 Å². The van der Waals surface area contributed by atoms with E-state index >= 15 is 0 Å². The maximum atomic E-state index is 13.4. The Morgan fingerprint density at radius 1 is 1.16 bits per heavy atom. The van der Waals surface area contributed by atoms with Crippen LogP contribution >= 0.6 is 23.4 Å². The van der Waals surface area contributed by atoms with Gasteiger partial charge in [0.1, 0.15) is 11.6 Å². The molecular weight excluding hydrogens is 453 g/mol. The standard InChI is InChI=1S/C23H17ClFN3O3S/c1-31-20-5-3-2-4-19(20)28-22(30)17-11-6-14(24)12-18(17)27-23(28)32-13-21(29)26-16-9-7-15(25)8-10-16/h2-12H,13H2,1H3,(H,26,29). The number of amides is 1. The summed E-state index contributed by atoms with van der Waals surface area (Å²) < 4.78 is 19.9. The molecule has 9 heteroatoms. The van der Waals surface area contributed by atoms with Gasteiger partial charge in [0.2, 0.25) is 5.91 Å². The van der Waals surface area contributed by atoms with Crippen LogP contribution in [-0.4, -0.2) is 28.3 Å². The molecule has 0 aliphatic rings. The number of nitrogens with zero attached hydrogens (tertiary/aromatic N) is 2. The molecule has 4 aromatic rings. The second-order valence-electron chi connectivity index (χ2n) is 6.71. The molecule has 0 saturated carbocycles. The number of hydrogen-bond acceptors (Lipinski definition) is 5. The van der Waals surface area contributed by atoms with Crippen molar-refractivity contribution < 1.29 is 13.9 Å². The van der Waals surface area contributed by atoms with Gasteiger partial charge in [0, 0.05) is 10.7 Å². The molecule has 0 spiro atoms. The SMILES string of the molecule is COc1ccccc1-n1c(SCC(=O)Nc2ccc(F)cc2)nc2cc(Cl)ccc2c1=O. The van der Waals surface area contributed by atoms with E-state index in [9.17, 15) is 14.0 Å². The van der Waals surface area contributed by atoms with Crippen molar-refractivity contribution in [2.24, 2.45) is 0 Å². The van der Waals surface area contributed by atoms with Crippen molar-refractivity contribution in [1.82, 2.24) is 9.55 Å². The molecule has 0 aliphatic carbocycles. The number of halogens is 2. The van der Waals surface area contributed by atoms with Gasteiger partial charge in [-0.05, 0) is 54.6 Å². The van der Waals surface area contributed by atoms with E-state index in [2.05, 4.69) is 10.3 Å². The van der Waals surface area contributed by atoms with Gasteiger partial charge in [-0.1, -0.05) is 35.5 Å². The Kier molecular flexibility index (Phi) is 6.43. The predicted molar refractivity (Wildman–Crippen MR) is 125 cm³/mol. The molecule has 0 radical (unpaired) electrons. The second kappa shape index (κ2) is 9.42. The largest absolute Gasteiger partial charge is 0.495 e.